The van der Waals surface area contributed by atoms with Gasteiger partial charge in [-0.2, -0.15) is 0 Å². The second kappa shape index (κ2) is 25.6. The number of aryl methyl sites for hydroxylation is 7. The van der Waals surface area contributed by atoms with Crippen molar-refractivity contribution in [1.29, 1.82) is 0 Å². The molecule has 0 bridgehead atoms. The minimum Gasteiger partial charge on any atom is -0.488 e. The zero-order chi connectivity index (χ0) is 72.7. The maximum Gasteiger partial charge on any atom is 0.136 e. The fourth-order valence-electron chi connectivity index (χ4n) is 18.0. The molecule has 20 rings (SSSR count). The van der Waals surface area contributed by atoms with E-state index >= 15 is 0 Å². The Balaban J connectivity index is 1.05. The highest BCUT2D eigenvalue weighted by atomic mass is 16.5. The molecule has 12 nitrogen and oxygen atoms in total. The summed E-state index contributed by atoms with van der Waals surface area (Å²) in [5.41, 5.74) is 16.9. The SMILES string of the molecule is CCC1=C(N(c2c(CC)oc3ccccc23)c2cc(N(c3c(CC)oc4ccccc34)c3c(CC)oc4ccccc34)c3ccc4c(N(c5c(CC)oc6ccccc56)c5c(CC)oc6ccccc56)cc(N(c5c(CC)oc6ccccc56)c5c(CC)oc6ccccc56)c5ccc2c3c54)C2C=CC=CC2O1. The average molecular weight is 1420 g/mol. The van der Waals surface area contributed by atoms with Crippen molar-refractivity contribution in [2.24, 2.45) is 5.92 Å². The lowest BCUT2D eigenvalue weighted by Crippen LogP contribution is -2.26. The zero-order valence-electron chi connectivity index (χ0n) is 61.8. The van der Waals surface area contributed by atoms with Crippen LogP contribution in [0.1, 0.15) is 102 Å². The first-order valence-electron chi connectivity index (χ1n) is 38.5. The van der Waals surface area contributed by atoms with Crippen molar-refractivity contribution < 1.29 is 35.7 Å². The smallest absolute Gasteiger partial charge is 0.136 e. The summed E-state index contributed by atoms with van der Waals surface area (Å²) in [7, 11) is 0. The van der Waals surface area contributed by atoms with Crippen LogP contribution >= 0.6 is 0 Å². The van der Waals surface area contributed by atoms with Crippen LogP contribution in [0.15, 0.2) is 273 Å². The number of ether oxygens (including phenoxy) is 1. The molecule has 0 spiro atoms. The summed E-state index contributed by atoms with van der Waals surface area (Å²) in [5, 5.41) is 12.9. The number of nitrogens with zero attached hydrogens (tertiary/aromatic N) is 4. The Morgan fingerprint density at radius 1 is 0.250 bits per heavy atom. The molecule has 0 radical (unpaired) electrons. The fraction of sp³-hybridized carbons (Fsp3) is 0.188. The summed E-state index contributed by atoms with van der Waals surface area (Å²) in [6.07, 6.45) is 13.4. The van der Waals surface area contributed by atoms with Crippen LogP contribution in [0.2, 0.25) is 0 Å². The first-order chi connectivity index (χ1) is 53.3. The highest BCUT2D eigenvalue weighted by Crippen LogP contribution is 2.61. The summed E-state index contributed by atoms with van der Waals surface area (Å²) >= 11 is 0. The molecule has 532 valence electrons. The van der Waals surface area contributed by atoms with Crippen molar-refractivity contribution in [3.05, 3.63) is 282 Å². The van der Waals surface area contributed by atoms with Gasteiger partial charge < -0.3 is 55.3 Å². The highest BCUT2D eigenvalue weighted by Gasteiger charge is 2.43. The molecule has 2 atom stereocenters. The van der Waals surface area contributed by atoms with E-state index in [1.54, 1.807) is 0 Å². The van der Waals surface area contributed by atoms with E-state index in [1.165, 1.54) is 0 Å². The number of furan rings is 7. The van der Waals surface area contributed by atoms with E-state index in [4.69, 9.17) is 35.7 Å². The summed E-state index contributed by atoms with van der Waals surface area (Å²) < 4.78 is 57.7. The maximum absolute atomic E-state index is 7.31. The van der Waals surface area contributed by atoms with Crippen LogP contribution in [0, 0.1) is 5.92 Å². The molecular weight excluding hydrogens is 1340 g/mol. The largest absolute Gasteiger partial charge is 0.488 e. The molecule has 18 aromatic rings. The molecule has 7 aromatic heterocycles. The Morgan fingerprint density at radius 2 is 0.481 bits per heavy atom. The number of allylic oxidation sites excluding steroid dienone is 3. The van der Waals surface area contributed by atoms with Gasteiger partial charge in [0, 0.05) is 121 Å². The van der Waals surface area contributed by atoms with Gasteiger partial charge in [0.25, 0.3) is 0 Å². The van der Waals surface area contributed by atoms with E-state index in [-0.39, 0.29) is 12.0 Å². The molecule has 2 aliphatic rings. The predicted molar refractivity (Wildman–Crippen MR) is 441 cm³/mol. The molecule has 0 saturated carbocycles. The molecule has 0 N–H and O–H groups in total. The topological polar surface area (TPSA) is 114 Å². The Bertz CT molecular complexity index is 6300. The molecule has 0 amide bonds. The third-order valence-electron chi connectivity index (χ3n) is 22.6. The molecule has 2 unspecified atom stereocenters. The molecule has 8 heterocycles. The van der Waals surface area contributed by atoms with Crippen molar-refractivity contribution in [3.8, 4) is 0 Å². The van der Waals surface area contributed by atoms with Crippen LogP contribution in [-0.2, 0) is 49.7 Å². The van der Waals surface area contributed by atoms with E-state index in [1.807, 2.05) is 0 Å². The van der Waals surface area contributed by atoms with Crippen molar-refractivity contribution in [2.45, 2.75) is 113 Å². The van der Waals surface area contributed by atoms with Gasteiger partial charge in [-0.3, -0.25) is 0 Å². The quantitative estimate of drug-likeness (QED) is 0.0677. The van der Waals surface area contributed by atoms with E-state index in [0.29, 0.717) is 51.4 Å². The number of fused-ring (bicyclic) bond motifs is 8. The van der Waals surface area contributed by atoms with Crippen LogP contribution in [0.3, 0.4) is 0 Å². The lowest BCUT2D eigenvalue weighted by Gasteiger charge is -2.35. The minimum absolute atomic E-state index is 0.180. The Kier molecular flexibility index (Phi) is 15.4. The van der Waals surface area contributed by atoms with Gasteiger partial charge in [0.05, 0.1) is 74.2 Å². The molecule has 0 saturated heterocycles. The van der Waals surface area contributed by atoms with Crippen LogP contribution in [0.25, 0.3) is 109 Å². The Hall–Kier alpha value is -12.5. The lowest BCUT2D eigenvalue weighted by atomic mass is 9.88. The zero-order valence-corrected chi connectivity index (χ0v) is 61.8. The van der Waals surface area contributed by atoms with Crippen LogP contribution in [0.5, 0.6) is 0 Å². The van der Waals surface area contributed by atoms with Gasteiger partial charge >= 0.3 is 0 Å². The van der Waals surface area contributed by atoms with E-state index in [0.717, 1.165) is 223 Å². The number of benzene rings is 11. The van der Waals surface area contributed by atoms with Crippen molar-refractivity contribution in [2.75, 3.05) is 19.6 Å². The molecule has 1 aliphatic heterocycles. The number of hydrogen-bond acceptors (Lipinski definition) is 12. The van der Waals surface area contributed by atoms with Gasteiger partial charge in [-0.05, 0) is 103 Å². The summed E-state index contributed by atoms with van der Waals surface area (Å²) in [4.78, 5) is 10.1. The standard InChI is InChI=1S/C96H80N4O8/c1-9-71-89(59-33-17-25-41-79(59)101-71)97(90-60-34-18-26-42-80(60)102-72(90)10-2)67-53-68(98(91-61-35-19-27-43-81(61)103-73(91)11-3)92-62-36-20-28-44-82(62)104-74(92)12-4)56-51-52-58-70(100(95-65-39-23-31-47-85(65)107-77(95)15-7)96-66-40-24-32-48-86(66)108-78(96)16-8)54-69(57-50-49-55(67)87(56)88(57)58)99(93-63-37-21-29-45-83(63)105-75(93)13-5)94-64-38-22-30-46-84(64)106-76(94)14-6/h17-54,59,79H,9-16H2,1-8H3. The van der Waals surface area contributed by atoms with Gasteiger partial charge in [0.2, 0.25) is 0 Å². The number of anilines is 11. The van der Waals surface area contributed by atoms with E-state index in [2.05, 4.69) is 306 Å². The Morgan fingerprint density at radius 3 is 0.731 bits per heavy atom. The number of para-hydroxylation sites is 7. The normalized spacial score (nSPS) is 14.6. The molecule has 1 aliphatic carbocycles. The predicted octanol–water partition coefficient (Wildman–Crippen LogP) is 28.1. The monoisotopic (exact) mass is 1420 g/mol. The highest BCUT2D eigenvalue weighted by molar-refractivity contribution is 6.34. The molecular formula is C96H80N4O8. The van der Waals surface area contributed by atoms with Gasteiger partial charge in [-0.15, -0.1) is 0 Å². The van der Waals surface area contributed by atoms with E-state index in [9.17, 15) is 0 Å². The fourth-order valence-corrected chi connectivity index (χ4v) is 18.0. The first kappa shape index (κ1) is 65.0. The molecule has 11 aromatic carbocycles. The average Bonchev–Trinajstić information content (AvgIpc) is 1.09. The Labute approximate surface area is 624 Å². The lowest BCUT2D eigenvalue weighted by molar-refractivity contribution is 0.159. The second-order valence-electron chi connectivity index (χ2n) is 28.3. The van der Waals surface area contributed by atoms with Crippen molar-refractivity contribution in [1.82, 2.24) is 0 Å². The maximum atomic E-state index is 7.31. The third kappa shape index (κ3) is 9.54. The molecule has 12 heteroatoms. The summed E-state index contributed by atoms with van der Waals surface area (Å²) in [5.74, 6) is 6.64. The van der Waals surface area contributed by atoms with Crippen LogP contribution in [0.4, 0.5) is 62.6 Å². The van der Waals surface area contributed by atoms with Gasteiger partial charge in [0.1, 0.15) is 91.3 Å². The van der Waals surface area contributed by atoms with E-state index < -0.39 is 0 Å². The number of hydrogen-bond donors (Lipinski definition) is 0. The summed E-state index contributed by atoms with van der Waals surface area (Å²) in [6.45, 7) is 17.6. The van der Waals surface area contributed by atoms with Crippen molar-refractivity contribution in [3.63, 3.8) is 0 Å². The summed E-state index contributed by atoms with van der Waals surface area (Å²) in [6, 6.07) is 74.1. The van der Waals surface area contributed by atoms with Gasteiger partial charge in [0.15, 0.2) is 0 Å². The molecule has 108 heavy (non-hydrogen) atoms. The van der Waals surface area contributed by atoms with Crippen LogP contribution < -0.4 is 19.6 Å². The molecule has 0 fully saturated rings. The first-order valence-corrected chi connectivity index (χ1v) is 38.5. The second-order valence-corrected chi connectivity index (χ2v) is 28.3. The van der Waals surface area contributed by atoms with Crippen LogP contribution in [-0.4, -0.2) is 6.10 Å². The minimum atomic E-state index is -0.254. The van der Waals surface area contributed by atoms with Gasteiger partial charge in [-0.1, -0.05) is 183 Å². The third-order valence-corrected chi connectivity index (χ3v) is 22.6. The van der Waals surface area contributed by atoms with Gasteiger partial charge in [-0.25, -0.2) is 0 Å². The van der Waals surface area contributed by atoms with Crippen molar-refractivity contribution >= 4 is 172 Å². The number of rotatable bonds is 20.